The van der Waals surface area contributed by atoms with E-state index in [1.807, 2.05) is 0 Å². The molecule has 1 N–H and O–H groups in total. The topological polar surface area (TPSA) is 32.6 Å². The first-order chi connectivity index (χ1) is 5.34. The van der Waals surface area contributed by atoms with Crippen LogP contribution in [0.15, 0.2) is 5.16 Å². The third-order valence-corrected chi connectivity index (χ3v) is 3.99. The van der Waals surface area contributed by atoms with Crippen molar-refractivity contribution in [1.29, 1.82) is 0 Å². The molecule has 4 fully saturated rings. The fourth-order valence-electron chi connectivity index (χ4n) is 3.59. The molecule has 4 saturated carbocycles. The summed E-state index contributed by atoms with van der Waals surface area (Å²) in [5.74, 6) is 1.64. The van der Waals surface area contributed by atoms with Crippen LogP contribution in [0.3, 0.4) is 0 Å². The van der Waals surface area contributed by atoms with E-state index in [1.54, 1.807) is 0 Å². The Bertz CT molecular complexity index is 219. The molecule has 0 heterocycles. The maximum Gasteiger partial charge on any atom is 0.0663 e. The molecule has 2 heteroatoms. The van der Waals surface area contributed by atoms with Gasteiger partial charge in [-0.2, -0.15) is 0 Å². The molecule has 0 saturated heterocycles. The van der Waals surface area contributed by atoms with Crippen molar-refractivity contribution in [3.05, 3.63) is 0 Å². The van der Waals surface area contributed by atoms with Crippen LogP contribution in [-0.2, 0) is 0 Å². The average Bonchev–Trinajstić information content (AvgIpc) is 2.16. The van der Waals surface area contributed by atoms with Crippen molar-refractivity contribution in [3.63, 3.8) is 0 Å². The molecular weight excluding hydrogens is 138 g/mol. The second-order valence-electron chi connectivity index (χ2n) is 4.51. The lowest BCUT2D eigenvalue weighted by atomic mass is 9.54. The first kappa shape index (κ1) is 6.04. The maximum atomic E-state index is 8.85. The minimum atomic E-state index is 0.405. The first-order valence-corrected chi connectivity index (χ1v) is 4.56. The highest BCUT2D eigenvalue weighted by molar-refractivity contribution is 5.95. The number of nitrogens with zero attached hydrogens (tertiary/aromatic N) is 1. The van der Waals surface area contributed by atoms with E-state index in [2.05, 4.69) is 5.16 Å². The van der Waals surface area contributed by atoms with E-state index in [0.717, 1.165) is 11.6 Å². The van der Waals surface area contributed by atoms with Crippen molar-refractivity contribution in [3.8, 4) is 0 Å². The molecule has 11 heavy (non-hydrogen) atoms. The zero-order valence-electron chi connectivity index (χ0n) is 6.58. The first-order valence-electron chi connectivity index (χ1n) is 4.56. The van der Waals surface area contributed by atoms with E-state index in [1.165, 1.54) is 32.1 Å². The molecule has 0 aromatic heterocycles. The number of oxime groups is 1. The minimum Gasteiger partial charge on any atom is -0.411 e. The Morgan fingerprint density at radius 1 is 1.45 bits per heavy atom. The quantitative estimate of drug-likeness (QED) is 0.417. The summed E-state index contributed by atoms with van der Waals surface area (Å²) in [5.41, 5.74) is 1.56. The van der Waals surface area contributed by atoms with Crippen molar-refractivity contribution in [2.45, 2.75) is 32.1 Å². The molecule has 2 nitrogen and oxygen atoms in total. The Morgan fingerprint density at radius 3 is 2.82 bits per heavy atom. The average molecular weight is 151 g/mol. The maximum absolute atomic E-state index is 8.85. The van der Waals surface area contributed by atoms with E-state index in [9.17, 15) is 0 Å². The Morgan fingerprint density at radius 2 is 2.27 bits per heavy atom. The lowest BCUT2D eigenvalue weighted by Crippen LogP contribution is -2.47. The SMILES string of the molecule is ON=C1C2CCC13CC(C2)C3. The van der Waals surface area contributed by atoms with Crippen molar-refractivity contribution < 1.29 is 5.21 Å². The van der Waals surface area contributed by atoms with Gasteiger partial charge in [-0.15, -0.1) is 0 Å². The van der Waals surface area contributed by atoms with Gasteiger partial charge in [0, 0.05) is 11.3 Å². The van der Waals surface area contributed by atoms with Gasteiger partial charge in [-0.05, 0) is 38.0 Å². The molecule has 0 radical (unpaired) electrons. The largest absolute Gasteiger partial charge is 0.411 e. The minimum absolute atomic E-state index is 0.405. The van der Waals surface area contributed by atoms with Gasteiger partial charge in [-0.25, -0.2) is 0 Å². The van der Waals surface area contributed by atoms with E-state index >= 15 is 0 Å². The van der Waals surface area contributed by atoms with E-state index < -0.39 is 0 Å². The van der Waals surface area contributed by atoms with Crippen LogP contribution >= 0.6 is 0 Å². The summed E-state index contributed by atoms with van der Waals surface area (Å²) >= 11 is 0. The van der Waals surface area contributed by atoms with Crippen LogP contribution in [0.5, 0.6) is 0 Å². The number of hydrogen-bond acceptors (Lipinski definition) is 2. The molecule has 3 bridgehead atoms. The summed E-state index contributed by atoms with van der Waals surface area (Å²) in [6, 6.07) is 0. The number of rotatable bonds is 0. The van der Waals surface area contributed by atoms with Crippen LogP contribution in [0.4, 0.5) is 0 Å². The van der Waals surface area contributed by atoms with E-state index in [4.69, 9.17) is 5.21 Å². The lowest BCUT2D eigenvalue weighted by Gasteiger charge is -2.50. The zero-order valence-corrected chi connectivity index (χ0v) is 6.58. The highest BCUT2D eigenvalue weighted by Crippen LogP contribution is 2.63. The van der Waals surface area contributed by atoms with Crippen LogP contribution in [0.25, 0.3) is 0 Å². The molecule has 1 atom stereocenters. The highest BCUT2D eigenvalue weighted by Gasteiger charge is 2.59. The molecule has 4 rings (SSSR count). The van der Waals surface area contributed by atoms with Gasteiger partial charge < -0.3 is 5.21 Å². The fourth-order valence-corrected chi connectivity index (χ4v) is 3.59. The summed E-state index contributed by atoms with van der Waals surface area (Å²) in [7, 11) is 0. The molecule has 1 spiro atoms. The molecule has 0 aromatic rings. The third-order valence-electron chi connectivity index (χ3n) is 3.99. The van der Waals surface area contributed by atoms with E-state index in [0.29, 0.717) is 11.3 Å². The lowest BCUT2D eigenvalue weighted by molar-refractivity contribution is 0.106. The van der Waals surface area contributed by atoms with E-state index in [-0.39, 0.29) is 0 Å². The van der Waals surface area contributed by atoms with Gasteiger partial charge in [0.05, 0.1) is 5.71 Å². The Hall–Kier alpha value is -0.530. The van der Waals surface area contributed by atoms with Gasteiger partial charge in [0.15, 0.2) is 0 Å². The van der Waals surface area contributed by atoms with Gasteiger partial charge in [-0.3, -0.25) is 0 Å². The smallest absolute Gasteiger partial charge is 0.0663 e. The molecule has 1 unspecified atom stereocenters. The Kier molecular flexibility index (Phi) is 0.890. The van der Waals surface area contributed by atoms with Gasteiger partial charge in [-0.1, -0.05) is 5.16 Å². The van der Waals surface area contributed by atoms with Crippen LogP contribution in [0.2, 0.25) is 0 Å². The Labute approximate surface area is 66.3 Å². The predicted octanol–water partition coefficient (Wildman–Crippen LogP) is 2.03. The normalized spacial score (nSPS) is 56.2. The second kappa shape index (κ2) is 1.62. The van der Waals surface area contributed by atoms with Gasteiger partial charge >= 0.3 is 0 Å². The highest BCUT2D eigenvalue weighted by atomic mass is 16.4. The molecule has 4 aliphatic rings. The van der Waals surface area contributed by atoms with Gasteiger partial charge in [0.2, 0.25) is 0 Å². The summed E-state index contributed by atoms with van der Waals surface area (Å²) < 4.78 is 0. The predicted molar refractivity (Wildman–Crippen MR) is 41.7 cm³/mol. The summed E-state index contributed by atoms with van der Waals surface area (Å²) in [4.78, 5) is 0. The van der Waals surface area contributed by atoms with Crippen LogP contribution in [-0.4, -0.2) is 10.9 Å². The number of hydrogen-bond donors (Lipinski definition) is 1. The van der Waals surface area contributed by atoms with Crippen molar-refractivity contribution in [2.75, 3.05) is 0 Å². The zero-order chi connectivity index (χ0) is 7.47. The fraction of sp³-hybridized carbons (Fsp3) is 0.889. The summed E-state index contributed by atoms with van der Waals surface area (Å²) in [6.07, 6.45) is 6.54. The van der Waals surface area contributed by atoms with Crippen LogP contribution in [0.1, 0.15) is 32.1 Å². The summed E-state index contributed by atoms with van der Waals surface area (Å²) in [6.45, 7) is 0. The summed E-state index contributed by atoms with van der Waals surface area (Å²) in [5, 5.41) is 12.3. The molecule has 4 aliphatic carbocycles. The van der Waals surface area contributed by atoms with Gasteiger partial charge in [0.25, 0.3) is 0 Å². The Balaban J connectivity index is 2.07. The third kappa shape index (κ3) is 0.534. The van der Waals surface area contributed by atoms with Crippen LogP contribution < -0.4 is 0 Å². The monoisotopic (exact) mass is 151 g/mol. The van der Waals surface area contributed by atoms with Gasteiger partial charge in [0.1, 0.15) is 0 Å². The molecule has 0 amide bonds. The van der Waals surface area contributed by atoms with Crippen molar-refractivity contribution in [2.24, 2.45) is 22.4 Å². The van der Waals surface area contributed by atoms with Crippen molar-refractivity contribution in [1.82, 2.24) is 0 Å². The van der Waals surface area contributed by atoms with Crippen LogP contribution in [0, 0.1) is 17.3 Å². The molecule has 0 aromatic carbocycles. The molecule has 0 aliphatic heterocycles. The van der Waals surface area contributed by atoms with Crippen molar-refractivity contribution >= 4 is 5.71 Å². The molecule has 60 valence electrons. The second-order valence-corrected chi connectivity index (χ2v) is 4.51. The standard InChI is InChI=1S/C9H13NO/c11-10-8-7-1-2-9(8)4-6(3-7)5-9/h6-7,11H,1-5H2. The molecular formula is C9H13NO.